The number of ether oxygens (including phenoxy) is 2. The van der Waals surface area contributed by atoms with Gasteiger partial charge in [-0.15, -0.1) is 0 Å². The van der Waals surface area contributed by atoms with Crippen LogP contribution in [0.3, 0.4) is 0 Å². The van der Waals surface area contributed by atoms with Gasteiger partial charge in [-0.1, -0.05) is 19.3 Å². The van der Waals surface area contributed by atoms with Crippen LogP contribution in [0.2, 0.25) is 0 Å². The predicted molar refractivity (Wildman–Crippen MR) is 133 cm³/mol. The van der Waals surface area contributed by atoms with Crippen molar-refractivity contribution in [3.05, 3.63) is 23.8 Å². The summed E-state index contributed by atoms with van der Waals surface area (Å²) in [5.41, 5.74) is 0.931. The smallest absolute Gasteiger partial charge is 0.319 e. The largest absolute Gasteiger partial charge is 0.490 e. The summed E-state index contributed by atoms with van der Waals surface area (Å²) < 4.78 is 12.3. The molecule has 1 saturated carbocycles. The van der Waals surface area contributed by atoms with E-state index in [4.69, 9.17) is 9.47 Å². The molecule has 0 spiro atoms. The van der Waals surface area contributed by atoms with Crippen molar-refractivity contribution >= 4 is 23.5 Å². The fraction of sp³-hybridized carbons (Fsp3) is 0.654. The Morgan fingerprint density at radius 1 is 1.09 bits per heavy atom. The molecule has 3 aliphatic rings. The van der Waals surface area contributed by atoms with Gasteiger partial charge in [-0.25, -0.2) is 4.79 Å². The van der Waals surface area contributed by atoms with Gasteiger partial charge in [0.05, 0.1) is 24.1 Å². The van der Waals surface area contributed by atoms with E-state index < -0.39 is 0 Å². The van der Waals surface area contributed by atoms with Crippen molar-refractivity contribution in [2.45, 2.75) is 76.5 Å². The molecule has 0 radical (unpaired) electrons. The molecule has 192 valence electrons. The zero-order valence-electron chi connectivity index (χ0n) is 20.8. The maximum absolute atomic E-state index is 13.3. The number of rotatable bonds is 6. The van der Waals surface area contributed by atoms with Crippen LogP contribution in [0.15, 0.2) is 18.2 Å². The highest BCUT2D eigenvalue weighted by Gasteiger charge is 2.39. The van der Waals surface area contributed by atoms with E-state index in [1.165, 1.54) is 32.1 Å². The molecular weight excluding hydrogens is 448 g/mol. The average molecular weight is 487 g/mol. The molecule has 9 nitrogen and oxygen atoms in total. The molecule has 3 N–H and O–H groups in total. The number of benzene rings is 1. The first kappa shape index (κ1) is 25.3. The van der Waals surface area contributed by atoms with Gasteiger partial charge in [0.1, 0.15) is 18.5 Å². The topological polar surface area (TPSA) is 109 Å². The lowest BCUT2D eigenvalue weighted by atomic mass is 9.89. The second-order valence-electron chi connectivity index (χ2n) is 9.88. The summed E-state index contributed by atoms with van der Waals surface area (Å²) in [7, 11) is 1.78. The van der Waals surface area contributed by atoms with E-state index in [0.717, 1.165) is 13.0 Å². The van der Waals surface area contributed by atoms with Gasteiger partial charge in [-0.3, -0.25) is 9.59 Å². The van der Waals surface area contributed by atoms with E-state index in [1.807, 2.05) is 6.92 Å². The number of nitrogens with one attached hydrogen (secondary N) is 3. The van der Waals surface area contributed by atoms with Gasteiger partial charge >= 0.3 is 6.03 Å². The van der Waals surface area contributed by atoms with E-state index in [9.17, 15) is 14.4 Å². The van der Waals surface area contributed by atoms with Gasteiger partial charge in [-0.05, 0) is 56.7 Å². The van der Waals surface area contributed by atoms with Crippen LogP contribution in [0.4, 0.5) is 10.5 Å². The van der Waals surface area contributed by atoms with Gasteiger partial charge < -0.3 is 30.3 Å². The minimum absolute atomic E-state index is 0.0349. The Labute approximate surface area is 207 Å². The third-order valence-electron chi connectivity index (χ3n) is 7.33. The number of carbonyl (C=O) groups excluding carboxylic acids is 3. The molecule has 1 aromatic rings. The summed E-state index contributed by atoms with van der Waals surface area (Å²) in [6.07, 6.45) is 7.52. The maximum atomic E-state index is 13.3. The fourth-order valence-electron chi connectivity index (χ4n) is 5.37. The van der Waals surface area contributed by atoms with Crippen LogP contribution in [-0.4, -0.2) is 67.7 Å². The third-order valence-corrected chi connectivity index (χ3v) is 7.33. The van der Waals surface area contributed by atoms with E-state index in [0.29, 0.717) is 48.9 Å². The van der Waals surface area contributed by atoms with Crippen LogP contribution in [0.25, 0.3) is 0 Å². The number of urea groups is 1. The summed E-state index contributed by atoms with van der Waals surface area (Å²) in [5, 5.41) is 8.51. The molecule has 2 fully saturated rings. The second kappa shape index (κ2) is 11.7. The van der Waals surface area contributed by atoms with E-state index in [-0.39, 0.29) is 36.1 Å². The summed E-state index contributed by atoms with van der Waals surface area (Å²) in [5.74, 6) is 0.909. The molecule has 4 amide bonds. The lowest BCUT2D eigenvalue weighted by Gasteiger charge is -2.42. The zero-order chi connectivity index (χ0) is 24.8. The molecule has 2 heterocycles. The number of hydrogen-bond acceptors (Lipinski definition) is 5. The minimum Gasteiger partial charge on any atom is -0.490 e. The van der Waals surface area contributed by atoms with E-state index in [2.05, 4.69) is 16.0 Å². The highest BCUT2D eigenvalue weighted by Crippen LogP contribution is 2.32. The number of anilines is 1. The Morgan fingerprint density at radius 3 is 2.66 bits per heavy atom. The fourth-order valence-corrected chi connectivity index (χ4v) is 5.37. The minimum atomic E-state index is -0.324. The van der Waals surface area contributed by atoms with Crippen LogP contribution < -0.4 is 20.7 Å². The summed E-state index contributed by atoms with van der Waals surface area (Å²) in [6.45, 7) is 3.39. The number of hydrogen-bond donors (Lipinski definition) is 3. The highest BCUT2D eigenvalue weighted by molar-refractivity contribution is 5.99. The van der Waals surface area contributed by atoms with Gasteiger partial charge in [0.15, 0.2) is 0 Å². The molecule has 0 aromatic heterocycles. The molecule has 1 saturated heterocycles. The molecule has 0 unspecified atom stereocenters. The molecule has 35 heavy (non-hydrogen) atoms. The summed E-state index contributed by atoms with van der Waals surface area (Å²) >= 11 is 0. The molecule has 1 aromatic carbocycles. The normalized spacial score (nSPS) is 24.8. The van der Waals surface area contributed by atoms with Crippen LogP contribution in [-0.2, 0) is 9.53 Å². The Hall–Kier alpha value is -2.81. The van der Waals surface area contributed by atoms with Gasteiger partial charge in [0.25, 0.3) is 5.91 Å². The Balaban J connectivity index is 1.35. The van der Waals surface area contributed by atoms with Crippen molar-refractivity contribution in [2.75, 3.05) is 32.1 Å². The Bertz CT molecular complexity index is 917. The first-order valence-corrected chi connectivity index (χ1v) is 13.0. The van der Waals surface area contributed by atoms with Crippen molar-refractivity contribution in [2.24, 2.45) is 5.92 Å². The number of nitrogens with zero attached hydrogens (tertiary/aromatic N) is 1. The van der Waals surface area contributed by atoms with E-state index >= 15 is 0 Å². The van der Waals surface area contributed by atoms with Crippen molar-refractivity contribution in [3.63, 3.8) is 0 Å². The quantitative estimate of drug-likeness (QED) is 0.572. The van der Waals surface area contributed by atoms with Gasteiger partial charge in [-0.2, -0.15) is 0 Å². The van der Waals surface area contributed by atoms with Crippen molar-refractivity contribution in [1.82, 2.24) is 15.5 Å². The summed E-state index contributed by atoms with van der Waals surface area (Å²) in [6, 6.07) is 4.59. The Morgan fingerprint density at radius 2 is 1.89 bits per heavy atom. The van der Waals surface area contributed by atoms with Crippen LogP contribution in [0.1, 0.15) is 68.6 Å². The lowest BCUT2D eigenvalue weighted by molar-refractivity contribution is -0.134. The molecule has 1 aliphatic carbocycles. The summed E-state index contributed by atoms with van der Waals surface area (Å²) in [4.78, 5) is 39.4. The number of likely N-dealkylation sites (N-methyl/N-ethyl adjacent to an activating group) is 1. The van der Waals surface area contributed by atoms with Crippen molar-refractivity contribution in [3.8, 4) is 5.75 Å². The van der Waals surface area contributed by atoms with Crippen LogP contribution >= 0.6 is 0 Å². The predicted octanol–water partition coefficient (Wildman–Crippen LogP) is 3.30. The highest BCUT2D eigenvalue weighted by atomic mass is 16.5. The molecule has 4 rings (SSSR count). The van der Waals surface area contributed by atoms with Crippen molar-refractivity contribution < 1.29 is 23.9 Å². The van der Waals surface area contributed by atoms with Crippen LogP contribution in [0.5, 0.6) is 5.75 Å². The van der Waals surface area contributed by atoms with Gasteiger partial charge in [0, 0.05) is 25.8 Å². The Kier molecular flexibility index (Phi) is 8.49. The zero-order valence-corrected chi connectivity index (χ0v) is 20.8. The standard InChI is InChI=1S/C26H38N4O5/c1-3-27-26(33)29-18-9-12-22-20(13-18)25(32)30(2)21-11-10-19(35-23(21)16-34-22)14-24(31)28-15-17-7-5-4-6-8-17/h9,12-13,17,19,21,23H,3-8,10-11,14-16H2,1-2H3,(H,28,31)(H2,27,29,33)/t19-,21+,23-/m1/s1. The maximum Gasteiger partial charge on any atom is 0.319 e. The van der Waals surface area contributed by atoms with Gasteiger partial charge in [0.2, 0.25) is 5.91 Å². The SMILES string of the molecule is CCNC(=O)Nc1ccc2c(c1)C(=O)N(C)[C@H]1CC[C@H](CC(=O)NCC3CCCCC3)O[C@@H]1CO2. The average Bonchev–Trinajstić information content (AvgIpc) is 2.86. The molecule has 0 bridgehead atoms. The molecule has 2 aliphatic heterocycles. The number of fused-ring (bicyclic) bond motifs is 2. The third kappa shape index (κ3) is 6.45. The number of amides is 4. The molecule has 3 atom stereocenters. The second-order valence-corrected chi connectivity index (χ2v) is 9.88. The molecule has 9 heteroatoms. The number of carbonyl (C=O) groups is 3. The first-order chi connectivity index (χ1) is 16.9. The van der Waals surface area contributed by atoms with Crippen molar-refractivity contribution in [1.29, 1.82) is 0 Å². The monoisotopic (exact) mass is 486 g/mol. The molecular formula is C26H38N4O5. The van der Waals surface area contributed by atoms with Crippen LogP contribution in [0, 0.1) is 5.92 Å². The van der Waals surface area contributed by atoms with E-state index in [1.54, 1.807) is 30.1 Å². The first-order valence-electron chi connectivity index (χ1n) is 13.0. The lowest BCUT2D eigenvalue weighted by Crippen LogP contribution is -2.54.